The number of aromatic nitrogens is 4. The molecule has 49 heavy (non-hydrogen) atoms. The van der Waals surface area contributed by atoms with Gasteiger partial charge < -0.3 is 4.57 Å². The maximum absolute atomic E-state index is 8.95. The van der Waals surface area contributed by atoms with Crippen molar-refractivity contribution in [2.75, 3.05) is 0 Å². The second kappa shape index (κ2) is 12.2. The smallest absolute Gasteiger partial charge is 0.166 e. The summed E-state index contributed by atoms with van der Waals surface area (Å²) < 4.78 is 44.9. The Kier molecular flexibility index (Phi) is 5.87. The van der Waals surface area contributed by atoms with Gasteiger partial charge in [-0.05, 0) is 46.5 Å². The van der Waals surface area contributed by atoms with Crippen LogP contribution in [0.25, 0.3) is 83.9 Å². The molecule has 9 aromatic rings. The Bertz CT molecular complexity index is 2730. The molecule has 9 rings (SSSR count). The number of para-hydroxylation sites is 3. The summed E-state index contributed by atoms with van der Waals surface area (Å²) in [6.07, 6.45) is 0. The van der Waals surface area contributed by atoms with Crippen molar-refractivity contribution in [3.63, 3.8) is 0 Å². The maximum Gasteiger partial charge on any atom is 0.166 e. The van der Waals surface area contributed by atoms with Gasteiger partial charge in [-0.15, -0.1) is 0 Å². The Hall–Kier alpha value is -6.65. The fourth-order valence-electron chi connectivity index (χ4n) is 6.43. The lowest BCUT2D eigenvalue weighted by Gasteiger charge is -2.13. The van der Waals surface area contributed by atoms with Crippen molar-refractivity contribution in [1.82, 2.24) is 19.5 Å². The van der Waals surface area contributed by atoms with E-state index in [1.165, 1.54) is 0 Å². The van der Waals surface area contributed by atoms with Gasteiger partial charge in [-0.1, -0.05) is 158 Å². The van der Waals surface area contributed by atoms with E-state index in [1.807, 2.05) is 103 Å². The second-order valence-electron chi connectivity index (χ2n) is 11.7. The summed E-state index contributed by atoms with van der Waals surface area (Å²) in [5.74, 6) is 1.34. The second-order valence-corrected chi connectivity index (χ2v) is 11.7. The van der Waals surface area contributed by atoms with Crippen LogP contribution in [0.5, 0.6) is 0 Å². The van der Waals surface area contributed by atoms with E-state index in [1.54, 1.807) is 4.57 Å². The van der Waals surface area contributed by atoms with E-state index < -0.39 is 18.1 Å². The average molecular weight is 632 g/mol. The van der Waals surface area contributed by atoms with Crippen molar-refractivity contribution < 1.29 is 6.85 Å². The minimum absolute atomic E-state index is 0.0576. The highest BCUT2D eigenvalue weighted by Gasteiger charge is 2.20. The Morgan fingerprint density at radius 3 is 1.45 bits per heavy atom. The zero-order valence-electron chi connectivity index (χ0n) is 31.2. The van der Waals surface area contributed by atoms with Crippen LogP contribution in [-0.4, -0.2) is 19.5 Å². The predicted molar refractivity (Wildman–Crippen MR) is 201 cm³/mol. The minimum Gasteiger partial charge on any atom is -0.309 e. The lowest BCUT2D eigenvalue weighted by molar-refractivity contribution is 1.07. The summed E-state index contributed by atoms with van der Waals surface area (Å²) in [6.45, 7) is 0. The Labute approximate surface area is 291 Å². The van der Waals surface area contributed by atoms with Crippen molar-refractivity contribution in [3.8, 4) is 62.1 Å². The molecule has 0 N–H and O–H groups in total. The molecule has 0 spiro atoms. The van der Waals surface area contributed by atoms with E-state index in [0.29, 0.717) is 34.1 Å². The largest absolute Gasteiger partial charge is 0.309 e. The van der Waals surface area contributed by atoms with Crippen LogP contribution < -0.4 is 0 Å². The topological polar surface area (TPSA) is 43.6 Å². The van der Waals surface area contributed by atoms with Gasteiger partial charge in [-0.3, -0.25) is 0 Å². The maximum atomic E-state index is 8.95. The summed E-state index contributed by atoms with van der Waals surface area (Å²) in [5.41, 5.74) is 7.96. The van der Waals surface area contributed by atoms with E-state index in [4.69, 9.17) is 21.8 Å². The van der Waals surface area contributed by atoms with Gasteiger partial charge in [-0.25, -0.2) is 15.0 Å². The lowest BCUT2D eigenvalue weighted by atomic mass is 10.0. The summed E-state index contributed by atoms with van der Waals surface area (Å²) in [5, 5.41) is 1.70. The molecular weight excluding hydrogens is 597 g/mol. The van der Waals surface area contributed by atoms with Crippen molar-refractivity contribution >= 4 is 21.8 Å². The van der Waals surface area contributed by atoms with Crippen LogP contribution in [0.1, 0.15) is 6.85 Å². The van der Waals surface area contributed by atoms with Gasteiger partial charge in [0.15, 0.2) is 17.5 Å². The standard InChI is InChI=1S/C45H30N4/c1-4-13-31(14-5-1)33-23-27-35(28-24-33)43-46-44(36-29-25-34(26-30-36)32-15-6-2-7-16-32)48-45(47-43)40-21-12-20-39-38-19-10-11-22-41(38)49(42(39)40)37-17-8-3-9-18-37/h1-30H/i3D,8D,9D,17D,18D. The highest BCUT2D eigenvalue weighted by Crippen LogP contribution is 2.38. The fourth-order valence-corrected chi connectivity index (χ4v) is 6.43. The molecule has 0 unspecified atom stereocenters. The number of rotatable bonds is 6. The van der Waals surface area contributed by atoms with Gasteiger partial charge in [0.25, 0.3) is 0 Å². The molecule has 0 bridgehead atoms. The molecule has 0 atom stereocenters. The first kappa shape index (κ1) is 23.6. The Morgan fingerprint density at radius 2 is 0.857 bits per heavy atom. The van der Waals surface area contributed by atoms with Crippen LogP contribution >= 0.6 is 0 Å². The highest BCUT2D eigenvalue weighted by molar-refractivity contribution is 6.13. The van der Waals surface area contributed by atoms with Gasteiger partial charge >= 0.3 is 0 Å². The summed E-state index contributed by atoms with van der Waals surface area (Å²) >= 11 is 0. The highest BCUT2D eigenvalue weighted by atomic mass is 15.0. The number of fused-ring (bicyclic) bond motifs is 3. The van der Waals surface area contributed by atoms with Crippen molar-refractivity contribution in [1.29, 1.82) is 0 Å². The van der Waals surface area contributed by atoms with Crippen LogP contribution in [0.3, 0.4) is 0 Å². The Balaban J connectivity index is 1.29. The molecule has 0 saturated heterocycles. The third-order valence-electron chi connectivity index (χ3n) is 8.78. The van der Waals surface area contributed by atoms with Gasteiger partial charge in [0.05, 0.1) is 17.9 Å². The molecule has 4 heteroatoms. The molecule has 2 heterocycles. The van der Waals surface area contributed by atoms with Crippen LogP contribution in [0, 0.1) is 0 Å². The number of hydrogen-bond donors (Lipinski definition) is 0. The summed E-state index contributed by atoms with van der Waals surface area (Å²) in [6, 6.07) is 48.2. The van der Waals surface area contributed by atoms with E-state index in [0.717, 1.165) is 44.2 Å². The van der Waals surface area contributed by atoms with E-state index >= 15 is 0 Å². The van der Waals surface area contributed by atoms with Crippen LogP contribution in [0.4, 0.5) is 0 Å². The molecule has 4 nitrogen and oxygen atoms in total. The molecule has 0 aliphatic rings. The summed E-state index contributed by atoms with van der Waals surface area (Å²) in [4.78, 5) is 15.2. The molecule has 230 valence electrons. The molecule has 2 aromatic heterocycles. The lowest BCUT2D eigenvalue weighted by Crippen LogP contribution is -2.02. The molecule has 0 amide bonds. The number of nitrogens with zero attached hydrogens (tertiary/aromatic N) is 4. The average Bonchev–Trinajstić information content (AvgIpc) is 3.57. The van der Waals surface area contributed by atoms with Crippen LogP contribution in [0.15, 0.2) is 182 Å². The minimum atomic E-state index is -0.446. The Morgan fingerprint density at radius 1 is 0.388 bits per heavy atom. The zero-order valence-corrected chi connectivity index (χ0v) is 26.2. The fraction of sp³-hybridized carbons (Fsp3) is 0. The molecule has 0 radical (unpaired) electrons. The molecule has 0 fully saturated rings. The first-order valence-electron chi connectivity index (χ1n) is 18.5. The molecule has 0 saturated carbocycles. The van der Waals surface area contributed by atoms with Crippen molar-refractivity contribution in [2.24, 2.45) is 0 Å². The molecule has 0 aliphatic carbocycles. The zero-order chi connectivity index (χ0) is 36.9. The van der Waals surface area contributed by atoms with E-state index in [9.17, 15) is 0 Å². The third-order valence-corrected chi connectivity index (χ3v) is 8.78. The quantitative estimate of drug-likeness (QED) is 0.183. The summed E-state index contributed by atoms with van der Waals surface area (Å²) in [7, 11) is 0. The molecule has 0 aliphatic heterocycles. The first-order valence-corrected chi connectivity index (χ1v) is 16.0. The predicted octanol–water partition coefficient (Wildman–Crippen LogP) is 11.3. The first-order chi connectivity index (χ1) is 26.4. The molecular formula is C45H30N4. The van der Waals surface area contributed by atoms with Gasteiger partial charge in [0, 0.05) is 33.2 Å². The van der Waals surface area contributed by atoms with Crippen molar-refractivity contribution in [3.05, 3.63) is 182 Å². The van der Waals surface area contributed by atoms with Gasteiger partial charge in [0.1, 0.15) is 0 Å². The monoisotopic (exact) mass is 631 g/mol. The van der Waals surface area contributed by atoms with E-state index in [2.05, 4.69) is 48.5 Å². The van der Waals surface area contributed by atoms with Gasteiger partial charge in [-0.2, -0.15) is 0 Å². The van der Waals surface area contributed by atoms with Crippen LogP contribution in [-0.2, 0) is 0 Å². The third kappa shape index (κ3) is 5.26. The molecule has 7 aromatic carbocycles. The van der Waals surface area contributed by atoms with Gasteiger partial charge in [0.2, 0.25) is 0 Å². The normalized spacial score (nSPS) is 12.7. The number of hydrogen-bond acceptors (Lipinski definition) is 3. The number of benzene rings is 7. The van der Waals surface area contributed by atoms with E-state index in [-0.39, 0.29) is 17.8 Å². The van der Waals surface area contributed by atoms with Crippen molar-refractivity contribution in [2.45, 2.75) is 0 Å². The SMILES string of the molecule is [2H]c1c([2H])c([2H])c(-n2c3ccccc3c3cccc(-c4nc(-c5ccc(-c6ccccc6)cc5)nc(-c5ccc(-c6ccccc6)cc5)n4)c32)c([2H])c1[2H]. The van der Waals surface area contributed by atoms with Crippen LogP contribution in [0.2, 0.25) is 0 Å².